The van der Waals surface area contributed by atoms with Gasteiger partial charge in [-0.3, -0.25) is 14.3 Å². The number of hydrogen-bond acceptors (Lipinski definition) is 6. The van der Waals surface area contributed by atoms with Crippen LogP contribution in [-0.4, -0.2) is 42.6 Å². The molecule has 2 rings (SSSR count). The number of fused-ring (bicyclic) bond motifs is 1. The van der Waals surface area contributed by atoms with Crippen LogP contribution in [0.25, 0.3) is 11.0 Å². The zero-order valence-electron chi connectivity index (χ0n) is 13.3. The number of halogens is 1. The number of nitrogens with zero attached hydrogens (tertiary/aromatic N) is 2. The maximum Gasteiger partial charge on any atom is 0.329 e. The summed E-state index contributed by atoms with van der Waals surface area (Å²) in [5.41, 5.74) is -1.15. The average molecular weight is 378 g/mol. The zero-order valence-corrected chi connectivity index (χ0v) is 15.0. The van der Waals surface area contributed by atoms with Crippen molar-refractivity contribution in [2.45, 2.75) is 18.2 Å². The maximum absolute atomic E-state index is 12.2. The van der Waals surface area contributed by atoms with E-state index in [9.17, 15) is 18.0 Å². The molecule has 2 aromatic heterocycles. The number of rotatable bonds is 7. The first-order chi connectivity index (χ1) is 10.9. The SMILES string of the molecule is CCCNCCNS(=O)(=O)c1cnc2c(c1)c(=O)[nH]c(=O)n2C.Cl. The third kappa shape index (κ3) is 4.41. The minimum Gasteiger partial charge on any atom is -0.315 e. The molecule has 0 saturated heterocycles. The van der Waals surface area contributed by atoms with Gasteiger partial charge in [-0.05, 0) is 19.0 Å². The largest absolute Gasteiger partial charge is 0.329 e. The normalized spacial score (nSPS) is 11.4. The van der Waals surface area contributed by atoms with Crippen LogP contribution in [0.4, 0.5) is 0 Å². The van der Waals surface area contributed by atoms with Gasteiger partial charge >= 0.3 is 5.69 Å². The molecule has 0 unspecified atom stereocenters. The Morgan fingerprint density at radius 1 is 1.25 bits per heavy atom. The lowest BCUT2D eigenvalue weighted by molar-refractivity contribution is 0.575. The highest BCUT2D eigenvalue weighted by Crippen LogP contribution is 2.11. The van der Waals surface area contributed by atoms with Gasteiger partial charge in [0, 0.05) is 26.3 Å². The van der Waals surface area contributed by atoms with E-state index in [1.165, 1.54) is 13.1 Å². The first kappa shape index (κ1) is 20.3. The summed E-state index contributed by atoms with van der Waals surface area (Å²) in [5.74, 6) is 0. The Morgan fingerprint density at radius 3 is 2.62 bits per heavy atom. The molecule has 0 radical (unpaired) electrons. The topological polar surface area (TPSA) is 126 Å². The van der Waals surface area contributed by atoms with Crippen LogP contribution < -0.4 is 21.3 Å². The molecule has 9 nitrogen and oxygen atoms in total. The Hall–Kier alpha value is -1.75. The van der Waals surface area contributed by atoms with Gasteiger partial charge in [0.15, 0.2) is 0 Å². The molecule has 3 N–H and O–H groups in total. The van der Waals surface area contributed by atoms with Gasteiger partial charge in [0.2, 0.25) is 10.0 Å². The van der Waals surface area contributed by atoms with E-state index in [0.717, 1.165) is 23.7 Å². The first-order valence-electron chi connectivity index (χ1n) is 7.16. The predicted molar refractivity (Wildman–Crippen MR) is 93.2 cm³/mol. The monoisotopic (exact) mass is 377 g/mol. The van der Waals surface area contributed by atoms with E-state index in [2.05, 4.69) is 20.0 Å². The van der Waals surface area contributed by atoms with Gasteiger partial charge in [0.25, 0.3) is 5.56 Å². The van der Waals surface area contributed by atoms with Crippen molar-refractivity contribution in [3.8, 4) is 0 Å². The van der Waals surface area contributed by atoms with E-state index >= 15 is 0 Å². The number of aromatic nitrogens is 3. The Bertz CT molecular complexity index is 922. The third-order valence-corrected chi connectivity index (χ3v) is 4.69. The Kier molecular flexibility index (Phi) is 7.08. The molecule has 0 amide bonds. The summed E-state index contributed by atoms with van der Waals surface area (Å²) in [6, 6.07) is 1.21. The van der Waals surface area contributed by atoms with Gasteiger partial charge < -0.3 is 5.32 Å². The van der Waals surface area contributed by atoms with Crippen molar-refractivity contribution in [1.29, 1.82) is 0 Å². The van der Waals surface area contributed by atoms with Crippen molar-refractivity contribution < 1.29 is 8.42 Å². The number of sulfonamides is 1. The number of pyridine rings is 1. The Labute approximate surface area is 145 Å². The molecule has 0 aromatic carbocycles. The number of aryl methyl sites for hydroxylation is 1. The molecular weight excluding hydrogens is 358 g/mol. The molecular formula is C13H20ClN5O4S. The summed E-state index contributed by atoms with van der Waals surface area (Å²) in [5, 5.41) is 3.12. The van der Waals surface area contributed by atoms with Crippen LogP contribution in [0.15, 0.2) is 26.7 Å². The summed E-state index contributed by atoms with van der Waals surface area (Å²) in [6.07, 6.45) is 2.09. The van der Waals surface area contributed by atoms with Gasteiger partial charge in [0.1, 0.15) is 10.5 Å². The lowest BCUT2D eigenvalue weighted by atomic mass is 10.3. The average Bonchev–Trinajstić information content (AvgIpc) is 2.52. The molecule has 134 valence electrons. The van der Waals surface area contributed by atoms with Crippen LogP contribution in [0.3, 0.4) is 0 Å². The summed E-state index contributed by atoms with van der Waals surface area (Å²) in [7, 11) is -2.33. The summed E-state index contributed by atoms with van der Waals surface area (Å²) >= 11 is 0. The lowest BCUT2D eigenvalue weighted by Gasteiger charge is -2.08. The molecule has 24 heavy (non-hydrogen) atoms. The van der Waals surface area contributed by atoms with Crippen molar-refractivity contribution in [2.24, 2.45) is 7.05 Å². The lowest BCUT2D eigenvalue weighted by Crippen LogP contribution is -2.33. The van der Waals surface area contributed by atoms with Gasteiger partial charge in [-0.25, -0.2) is 22.9 Å². The second-order valence-corrected chi connectivity index (χ2v) is 6.78. The quantitative estimate of drug-likeness (QED) is 0.549. The minimum absolute atomic E-state index is 0. The van der Waals surface area contributed by atoms with Crippen LogP contribution in [0, 0.1) is 0 Å². The van der Waals surface area contributed by atoms with Crippen molar-refractivity contribution in [3.05, 3.63) is 33.1 Å². The number of hydrogen-bond donors (Lipinski definition) is 3. The van der Waals surface area contributed by atoms with Crippen LogP contribution in [0.1, 0.15) is 13.3 Å². The highest BCUT2D eigenvalue weighted by atomic mass is 35.5. The number of H-pyrrole nitrogens is 1. The van der Waals surface area contributed by atoms with Crippen LogP contribution in [0.5, 0.6) is 0 Å². The van der Waals surface area contributed by atoms with E-state index in [0.29, 0.717) is 6.54 Å². The smallest absolute Gasteiger partial charge is 0.315 e. The molecule has 2 aromatic rings. The summed E-state index contributed by atoms with van der Waals surface area (Å²) in [6.45, 7) is 3.55. The van der Waals surface area contributed by atoms with Crippen molar-refractivity contribution in [1.82, 2.24) is 24.6 Å². The van der Waals surface area contributed by atoms with Crippen LogP contribution >= 0.6 is 12.4 Å². The summed E-state index contributed by atoms with van der Waals surface area (Å²) < 4.78 is 28.0. The van der Waals surface area contributed by atoms with Crippen molar-refractivity contribution >= 4 is 33.5 Å². The fraction of sp³-hybridized carbons (Fsp3) is 0.462. The number of aromatic amines is 1. The Balaban J connectivity index is 0.00000288. The predicted octanol–water partition coefficient (Wildman–Crippen LogP) is -0.678. The van der Waals surface area contributed by atoms with Crippen molar-refractivity contribution in [2.75, 3.05) is 19.6 Å². The molecule has 2 heterocycles. The van der Waals surface area contributed by atoms with Crippen LogP contribution in [-0.2, 0) is 17.1 Å². The Morgan fingerprint density at radius 2 is 1.96 bits per heavy atom. The molecule has 0 bridgehead atoms. The molecule has 0 aliphatic heterocycles. The fourth-order valence-corrected chi connectivity index (χ4v) is 3.03. The first-order valence-corrected chi connectivity index (χ1v) is 8.64. The molecule has 0 saturated carbocycles. The molecule has 0 spiro atoms. The molecule has 0 aliphatic carbocycles. The highest BCUT2D eigenvalue weighted by molar-refractivity contribution is 7.89. The highest BCUT2D eigenvalue weighted by Gasteiger charge is 2.16. The molecule has 11 heteroatoms. The van der Waals surface area contributed by atoms with Gasteiger partial charge in [0.05, 0.1) is 5.39 Å². The minimum atomic E-state index is -3.77. The standard InChI is InChI=1S/C13H19N5O4S.ClH/c1-3-4-14-5-6-16-23(21,22)9-7-10-11(15-8-9)18(2)13(20)17-12(10)19;/h7-8,14,16H,3-6H2,1-2H3,(H,17,19,20);1H. The van der Waals surface area contributed by atoms with Gasteiger partial charge in [-0.2, -0.15) is 0 Å². The fourth-order valence-electron chi connectivity index (χ4n) is 2.02. The van der Waals surface area contributed by atoms with Crippen molar-refractivity contribution in [3.63, 3.8) is 0 Å². The molecule has 0 fully saturated rings. The zero-order chi connectivity index (χ0) is 17.0. The van der Waals surface area contributed by atoms with Gasteiger partial charge in [-0.1, -0.05) is 6.92 Å². The maximum atomic E-state index is 12.2. The molecule has 0 aliphatic rings. The second-order valence-electron chi connectivity index (χ2n) is 5.01. The van der Waals surface area contributed by atoms with E-state index in [1.54, 1.807) is 0 Å². The van der Waals surface area contributed by atoms with E-state index in [4.69, 9.17) is 0 Å². The van der Waals surface area contributed by atoms with Crippen LogP contribution in [0.2, 0.25) is 0 Å². The number of nitrogens with one attached hydrogen (secondary N) is 3. The van der Waals surface area contributed by atoms with E-state index < -0.39 is 21.3 Å². The van der Waals surface area contributed by atoms with E-state index in [1.807, 2.05) is 6.92 Å². The summed E-state index contributed by atoms with van der Waals surface area (Å²) in [4.78, 5) is 29.2. The van der Waals surface area contributed by atoms with E-state index in [-0.39, 0.29) is 34.9 Å². The van der Waals surface area contributed by atoms with Gasteiger partial charge in [-0.15, -0.1) is 12.4 Å². The molecule has 0 atom stereocenters. The third-order valence-electron chi connectivity index (χ3n) is 3.26. The second kappa shape index (κ2) is 8.38.